The quantitative estimate of drug-likeness (QED) is 0.608. The number of anilines is 1. The molecule has 0 bridgehead atoms. The Hall–Kier alpha value is -3.22. The molecule has 0 amide bonds. The van der Waals surface area contributed by atoms with Crippen LogP contribution in [0, 0.1) is 11.3 Å². The third-order valence-corrected chi connectivity index (χ3v) is 6.87. The van der Waals surface area contributed by atoms with Crippen LogP contribution < -0.4 is 4.90 Å². The van der Waals surface area contributed by atoms with Gasteiger partial charge in [-0.25, -0.2) is 13.4 Å². The highest BCUT2D eigenvalue weighted by Crippen LogP contribution is 2.31. The summed E-state index contributed by atoms with van der Waals surface area (Å²) in [5.41, 5.74) is 3.22. The largest absolute Gasteiger partial charge is 0.362 e. The van der Waals surface area contributed by atoms with E-state index in [-0.39, 0.29) is 12.6 Å². The summed E-state index contributed by atoms with van der Waals surface area (Å²) in [5.74, 6) is 0.878. The van der Waals surface area contributed by atoms with Gasteiger partial charge in [0.05, 0.1) is 24.4 Å². The van der Waals surface area contributed by atoms with Crippen molar-refractivity contribution in [1.82, 2.24) is 18.8 Å². The summed E-state index contributed by atoms with van der Waals surface area (Å²) >= 11 is 0. The van der Waals surface area contributed by atoms with E-state index >= 15 is 0 Å². The van der Waals surface area contributed by atoms with E-state index in [0.29, 0.717) is 25.1 Å². The lowest BCUT2D eigenvalue weighted by Crippen LogP contribution is -2.45. The number of imidazole rings is 1. The molecule has 160 valence electrons. The van der Waals surface area contributed by atoms with Crippen LogP contribution in [0.1, 0.15) is 22.5 Å². The molecule has 3 heterocycles. The van der Waals surface area contributed by atoms with Gasteiger partial charge in [0.2, 0.25) is 10.0 Å². The first kappa shape index (κ1) is 21.0. The first-order valence-corrected chi connectivity index (χ1v) is 11.8. The van der Waals surface area contributed by atoms with Gasteiger partial charge in [0, 0.05) is 56.7 Å². The van der Waals surface area contributed by atoms with Crippen molar-refractivity contribution in [3.05, 3.63) is 77.6 Å². The van der Waals surface area contributed by atoms with Gasteiger partial charge in [-0.15, -0.1) is 0 Å². The van der Waals surface area contributed by atoms with Crippen LogP contribution in [0.5, 0.6) is 0 Å². The number of nitriles is 1. The lowest BCUT2D eigenvalue weighted by molar-refractivity contribution is 0.320. The molecule has 1 aliphatic heterocycles. The lowest BCUT2D eigenvalue weighted by Gasteiger charge is -2.31. The van der Waals surface area contributed by atoms with Crippen molar-refractivity contribution in [1.29, 1.82) is 5.26 Å². The predicted molar refractivity (Wildman–Crippen MR) is 118 cm³/mol. The van der Waals surface area contributed by atoms with Crippen molar-refractivity contribution in [2.75, 3.05) is 17.7 Å². The normalized spacial score (nSPS) is 17.1. The Bertz CT molecular complexity index is 1220. The number of hydrogen-bond acceptors (Lipinski definition) is 6. The Morgan fingerprint density at radius 2 is 2.10 bits per heavy atom. The lowest BCUT2D eigenvalue weighted by atomic mass is 10.1. The predicted octanol–water partition coefficient (Wildman–Crippen LogP) is 2.08. The van der Waals surface area contributed by atoms with E-state index in [1.807, 2.05) is 36.0 Å². The van der Waals surface area contributed by atoms with Crippen molar-refractivity contribution in [3.8, 4) is 6.07 Å². The number of pyridine rings is 1. The van der Waals surface area contributed by atoms with Crippen LogP contribution in [0.15, 0.2) is 55.1 Å². The van der Waals surface area contributed by atoms with Crippen LogP contribution in [0.4, 0.5) is 5.69 Å². The monoisotopic (exact) mass is 436 g/mol. The minimum absolute atomic E-state index is 0.214. The molecule has 31 heavy (non-hydrogen) atoms. The molecule has 0 N–H and O–H groups in total. The van der Waals surface area contributed by atoms with Gasteiger partial charge in [-0.2, -0.15) is 9.57 Å². The van der Waals surface area contributed by atoms with Gasteiger partial charge < -0.3 is 9.47 Å². The Morgan fingerprint density at radius 3 is 2.74 bits per heavy atom. The highest BCUT2D eigenvalue weighted by molar-refractivity contribution is 7.88. The van der Waals surface area contributed by atoms with E-state index in [2.05, 4.69) is 20.9 Å². The van der Waals surface area contributed by atoms with E-state index < -0.39 is 10.0 Å². The molecule has 0 unspecified atom stereocenters. The fourth-order valence-corrected chi connectivity index (χ4v) is 5.10. The summed E-state index contributed by atoms with van der Waals surface area (Å²) in [5, 5.41) is 9.38. The number of sulfonamides is 1. The standard InChI is InChI=1S/C22H24N6O2S/c1-26-9-8-25-22(26)16-27-15-20(11-18-4-3-7-24-13-18)28(31(2,29)30)14-19-10-17(12-23)5-6-21(19)27/h3-10,13,20H,11,14-16H2,1-2H3/t20-/m1/s1. The second-order valence-electron chi connectivity index (χ2n) is 7.82. The minimum Gasteiger partial charge on any atom is -0.362 e. The van der Waals surface area contributed by atoms with Gasteiger partial charge in [0.25, 0.3) is 0 Å². The summed E-state index contributed by atoms with van der Waals surface area (Å²) in [6.07, 6.45) is 8.90. The smallest absolute Gasteiger partial charge is 0.211 e. The number of hydrogen-bond donors (Lipinski definition) is 0. The van der Waals surface area contributed by atoms with Gasteiger partial charge in [0.1, 0.15) is 5.82 Å². The molecule has 2 aromatic heterocycles. The van der Waals surface area contributed by atoms with E-state index in [4.69, 9.17) is 0 Å². The van der Waals surface area contributed by atoms with Crippen molar-refractivity contribution in [3.63, 3.8) is 0 Å². The molecule has 9 heteroatoms. The Kier molecular flexibility index (Phi) is 5.76. The average molecular weight is 437 g/mol. The zero-order valence-electron chi connectivity index (χ0n) is 17.5. The first-order chi connectivity index (χ1) is 14.8. The second-order valence-corrected chi connectivity index (χ2v) is 9.75. The average Bonchev–Trinajstić information content (AvgIpc) is 3.07. The van der Waals surface area contributed by atoms with E-state index in [9.17, 15) is 13.7 Å². The molecule has 0 radical (unpaired) electrons. The number of rotatable bonds is 5. The first-order valence-electron chi connectivity index (χ1n) is 9.95. The van der Waals surface area contributed by atoms with E-state index in [1.54, 1.807) is 35.0 Å². The highest BCUT2D eigenvalue weighted by atomic mass is 32.2. The summed E-state index contributed by atoms with van der Waals surface area (Å²) in [7, 11) is -1.55. The molecule has 0 fully saturated rings. The van der Waals surface area contributed by atoms with Crippen molar-refractivity contribution >= 4 is 15.7 Å². The maximum atomic E-state index is 12.8. The van der Waals surface area contributed by atoms with Crippen LogP contribution in [0.2, 0.25) is 0 Å². The van der Waals surface area contributed by atoms with Crippen molar-refractivity contribution in [2.45, 2.75) is 25.6 Å². The molecule has 1 atom stereocenters. The van der Waals surface area contributed by atoms with Gasteiger partial charge in [-0.1, -0.05) is 6.07 Å². The van der Waals surface area contributed by atoms with Crippen LogP contribution >= 0.6 is 0 Å². The maximum Gasteiger partial charge on any atom is 0.211 e. The molecular formula is C22H24N6O2S. The maximum absolute atomic E-state index is 12.8. The number of benzene rings is 1. The molecule has 4 rings (SSSR count). The summed E-state index contributed by atoms with van der Waals surface area (Å²) in [6.45, 7) is 1.24. The zero-order valence-corrected chi connectivity index (χ0v) is 18.3. The van der Waals surface area contributed by atoms with Crippen molar-refractivity contribution in [2.24, 2.45) is 7.05 Å². The number of aryl methyl sites for hydroxylation is 1. The SMILES string of the molecule is Cn1ccnc1CN1C[C@@H](Cc2cccnc2)N(S(C)(=O)=O)Cc2cc(C#N)ccc21. The Balaban J connectivity index is 1.79. The summed E-state index contributed by atoms with van der Waals surface area (Å²) in [6, 6.07) is 11.1. The van der Waals surface area contributed by atoms with Crippen LogP contribution in [0.25, 0.3) is 0 Å². The Morgan fingerprint density at radius 1 is 1.26 bits per heavy atom. The topological polar surface area (TPSA) is 95.1 Å². The van der Waals surface area contributed by atoms with E-state index in [0.717, 1.165) is 22.6 Å². The third-order valence-electron chi connectivity index (χ3n) is 5.59. The summed E-state index contributed by atoms with van der Waals surface area (Å²) in [4.78, 5) is 10.8. The van der Waals surface area contributed by atoms with Gasteiger partial charge in [0.15, 0.2) is 0 Å². The molecule has 0 saturated heterocycles. The molecule has 1 aromatic carbocycles. The van der Waals surface area contributed by atoms with Gasteiger partial charge in [-0.3, -0.25) is 4.98 Å². The zero-order chi connectivity index (χ0) is 22.0. The van der Waals surface area contributed by atoms with Gasteiger partial charge >= 0.3 is 0 Å². The fraction of sp³-hybridized carbons (Fsp3) is 0.318. The molecule has 8 nitrogen and oxygen atoms in total. The molecule has 0 saturated carbocycles. The molecule has 0 spiro atoms. The number of nitrogens with zero attached hydrogens (tertiary/aromatic N) is 6. The molecule has 3 aromatic rings. The highest BCUT2D eigenvalue weighted by Gasteiger charge is 2.34. The van der Waals surface area contributed by atoms with Crippen LogP contribution in [0.3, 0.4) is 0 Å². The third kappa shape index (κ3) is 4.60. The summed E-state index contributed by atoms with van der Waals surface area (Å²) < 4.78 is 29.1. The molecule has 0 aliphatic carbocycles. The fourth-order valence-electron chi connectivity index (χ4n) is 4.05. The second kappa shape index (κ2) is 8.49. The number of aromatic nitrogens is 3. The van der Waals surface area contributed by atoms with Crippen LogP contribution in [-0.2, 0) is 36.6 Å². The molecular weight excluding hydrogens is 412 g/mol. The van der Waals surface area contributed by atoms with E-state index in [1.165, 1.54) is 6.26 Å². The molecule has 1 aliphatic rings. The number of fused-ring (bicyclic) bond motifs is 1. The Labute approximate surface area is 182 Å². The van der Waals surface area contributed by atoms with Crippen LogP contribution in [-0.4, -0.2) is 46.1 Å². The minimum atomic E-state index is -3.49. The van der Waals surface area contributed by atoms with Crippen molar-refractivity contribution < 1.29 is 8.42 Å². The van der Waals surface area contributed by atoms with Gasteiger partial charge in [-0.05, 0) is 41.8 Å².